The Balaban J connectivity index is 2.24. The van der Waals surface area contributed by atoms with E-state index in [9.17, 15) is 0 Å². The molecule has 1 heterocycles. The van der Waals surface area contributed by atoms with E-state index >= 15 is 0 Å². The number of likely N-dealkylation sites (tertiary alicyclic amines) is 1. The lowest BCUT2D eigenvalue weighted by Crippen LogP contribution is -2.55. The molecular weight excluding hydrogens is 250 g/mol. The Labute approximate surface area is 122 Å². The van der Waals surface area contributed by atoms with Gasteiger partial charge in [0.1, 0.15) is 5.75 Å². The zero-order valence-electron chi connectivity index (χ0n) is 12.9. The normalized spacial score (nSPS) is 18.8. The molecule has 4 heteroatoms. The van der Waals surface area contributed by atoms with Gasteiger partial charge in [0.2, 0.25) is 0 Å². The molecule has 0 aromatic heterocycles. The Bertz CT molecular complexity index is 427. The highest BCUT2D eigenvalue weighted by molar-refractivity contribution is 5.32. The van der Waals surface area contributed by atoms with Crippen LogP contribution < -0.4 is 16.0 Å². The van der Waals surface area contributed by atoms with Crippen molar-refractivity contribution < 1.29 is 4.74 Å². The zero-order valence-corrected chi connectivity index (χ0v) is 12.9. The van der Waals surface area contributed by atoms with Crippen molar-refractivity contribution in [2.75, 3.05) is 20.2 Å². The van der Waals surface area contributed by atoms with Crippen molar-refractivity contribution in [2.45, 2.75) is 44.7 Å². The van der Waals surface area contributed by atoms with Gasteiger partial charge in [0.25, 0.3) is 0 Å². The summed E-state index contributed by atoms with van der Waals surface area (Å²) in [5, 5.41) is 0. The molecule has 2 rings (SSSR count). The van der Waals surface area contributed by atoms with E-state index in [-0.39, 0.29) is 11.6 Å². The summed E-state index contributed by atoms with van der Waals surface area (Å²) in [6.45, 7) is 6.83. The van der Waals surface area contributed by atoms with E-state index < -0.39 is 0 Å². The third-order valence-corrected chi connectivity index (χ3v) is 4.47. The average Bonchev–Trinajstić information content (AvgIpc) is 2.49. The summed E-state index contributed by atoms with van der Waals surface area (Å²) >= 11 is 0. The first-order valence-electron chi connectivity index (χ1n) is 7.44. The van der Waals surface area contributed by atoms with Crippen LogP contribution in [0.3, 0.4) is 0 Å². The van der Waals surface area contributed by atoms with Crippen LogP contribution in [0.4, 0.5) is 0 Å². The molecule has 0 amide bonds. The van der Waals surface area contributed by atoms with E-state index in [0.717, 1.165) is 18.8 Å². The second-order valence-electron chi connectivity index (χ2n) is 6.08. The number of hydrazine groups is 1. The Kier molecular flexibility index (Phi) is 5.02. The van der Waals surface area contributed by atoms with Gasteiger partial charge in [-0.05, 0) is 57.5 Å². The van der Waals surface area contributed by atoms with E-state index in [1.54, 1.807) is 7.11 Å². The molecule has 1 unspecified atom stereocenters. The van der Waals surface area contributed by atoms with E-state index in [1.807, 2.05) is 12.1 Å². The van der Waals surface area contributed by atoms with Gasteiger partial charge in [0, 0.05) is 5.54 Å². The highest BCUT2D eigenvalue weighted by Gasteiger charge is 2.36. The molecule has 0 radical (unpaired) electrons. The molecule has 0 saturated carbocycles. The van der Waals surface area contributed by atoms with Gasteiger partial charge >= 0.3 is 0 Å². The maximum absolute atomic E-state index is 5.87. The molecule has 0 aliphatic carbocycles. The number of nitrogens with two attached hydrogens (primary N) is 1. The number of rotatable bonds is 5. The summed E-state index contributed by atoms with van der Waals surface area (Å²) in [7, 11) is 1.69. The standard InChI is InChI=1S/C16H27N3O/c1-16(2,19-10-5-4-6-11-19)15(18-17)13-8-7-9-14(12-13)20-3/h7-9,12,15,18H,4-6,10-11,17H2,1-3H3. The Hall–Kier alpha value is -1.10. The van der Waals surface area contributed by atoms with Gasteiger partial charge in [0.05, 0.1) is 13.2 Å². The lowest BCUT2D eigenvalue weighted by atomic mass is 9.86. The molecule has 0 bridgehead atoms. The van der Waals surface area contributed by atoms with Gasteiger partial charge < -0.3 is 4.74 Å². The highest BCUT2D eigenvalue weighted by Crippen LogP contribution is 2.33. The molecule has 3 N–H and O–H groups in total. The van der Waals surface area contributed by atoms with E-state index in [0.29, 0.717) is 0 Å². The molecule has 1 aliphatic rings. The Morgan fingerprint density at radius 3 is 2.55 bits per heavy atom. The number of nitrogens with zero attached hydrogens (tertiary/aromatic N) is 1. The monoisotopic (exact) mass is 277 g/mol. The molecule has 1 aliphatic heterocycles. The van der Waals surface area contributed by atoms with Crippen LogP contribution >= 0.6 is 0 Å². The first kappa shape index (κ1) is 15.3. The maximum Gasteiger partial charge on any atom is 0.119 e. The molecule has 20 heavy (non-hydrogen) atoms. The number of nitrogens with one attached hydrogen (secondary N) is 1. The van der Waals surface area contributed by atoms with Crippen molar-refractivity contribution in [3.63, 3.8) is 0 Å². The number of piperidine rings is 1. The molecular formula is C16H27N3O. The maximum atomic E-state index is 5.87. The second kappa shape index (κ2) is 6.57. The zero-order chi connectivity index (χ0) is 14.6. The van der Waals surface area contributed by atoms with Gasteiger partial charge in [-0.1, -0.05) is 18.6 Å². The largest absolute Gasteiger partial charge is 0.497 e. The summed E-state index contributed by atoms with van der Waals surface area (Å²) in [5.74, 6) is 6.74. The van der Waals surface area contributed by atoms with Gasteiger partial charge in [-0.3, -0.25) is 16.2 Å². The molecule has 112 valence electrons. The quantitative estimate of drug-likeness (QED) is 0.641. The molecule has 1 fully saturated rings. The summed E-state index contributed by atoms with van der Waals surface area (Å²) in [4.78, 5) is 2.54. The number of ether oxygens (including phenoxy) is 1. The van der Waals surface area contributed by atoms with Crippen LogP contribution in [-0.2, 0) is 0 Å². The van der Waals surface area contributed by atoms with Crippen molar-refractivity contribution in [1.29, 1.82) is 0 Å². The Morgan fingerprint density at radius 2 is 1.95 bits per heavy atom. The second-order valence-corrected chi connectivity index (χ2v) is 6.08. The molecule has 4 nitrogen and oxygen atoms in total. The summed E-state index contributed by atoms with van der Waals surface area (Å²) in [5.41, 5.74) is 4.15. The predicted octanol–water partition coefficient (Wildman–Crippen LogP) is 2.46. The van der Waals surface area contributed by atoms with E-state index in [2.05, 4.69) is 36.3 Å². The number of benzene rings is 1. The minimum Gasteiger partial charge on any atom is -0.497 e. The Morgan fingerprint density at radius 1 is 1.25 bits per heavy atom. The minimum absolute atomic E-state index is 0.0263. The van der Waals surface area contributed by atoms with Crippen molar-refractivity contribution >= 4 is 0 Å². The first-order valence-corrected chi connectivity index (χ1v) is 7.44. The van der Waals surface area contributed by atoms with Crippen LogP contribution in [-0.4, -0.2) is 30.6 Å². The van der Waals surface area contributed by atoms with Crippen molar-refractivity contribution in [2.24, 2.45) is 5.84 Å². The number of methoxy groups -OCH3 is 1. The van der Waals surface area contributed by atoms with Gasteiger partial charge in [-0.2, -0.15) is 0 Å². The van der Waals surface area contributed by atoms with Crippen molar-refractivity contribution in [1.82, 2.24) is 10.3 Å². The van der Waals surface area contributed by atoms with Crippen LogP contribution in [0.25, 0.3) is 0 Å². The summed E-state index contributed by atoms with van der Waals surface area (Å²) in [6.07, 6.45) is 3.89. The summed E-state index contributed by atoms with van der Waals surface area (Å²) < 4.78 is 5.33. The van der Waals surface area contributed by atoms with Crippen molar-refractivity contribution in [3.8, 4) is 5.75 Å². The van der Waals surface area contributed by atoms with Crippen molar-refractivity contribution in [3.05, 3.63) is 29.8 Å². The van der Waals surface area contributed by atoms with E-state index in [1.165, 1.54) is 24.8 Å². The minimum atomic E-state index is -0.0263. The predicted molar refractivity (Wildman–Crippen MR) is 82.6 cm³/mol. The van der Waals surface area contributed by atoms with Gasteiger partial charge in [-0.25, -0.2) is 0 Å². The van der Waals surface area contributed by atoms with Gasteiger partial charge in [-0.15, -0.1) is 0 Å². The molecule has 1 saturated heterocycles. The summed E-state index contributed by atoms with van der Waals surface area (Å²) in [6, 6.07) is 8.24. The lowest BCUT2D eigenvalue weighted by molar-refractivity contribution is 0.0607. The average molecular weight is 277 g/mol. The fraction of sp³-hybridized carbons (Fsp3) is 0.625. The molecule has 1 atom stereocenters. The van der Waals surface area contributed by atoms with Crippen LogP contribution in [0, 0.1) is 0 Å². The number of hydrogen-bond acceptors (Lipinski definition) is 4. The number of hydrogen-bond donors (Lipinski definition) is 2. The SMILES string of the molecule is COc1cccc(C(NN)C(C)(C)N2CCCCC2)c1. The fourth-order valence-electron chi connectivity index (χ4n) is 3.18. The third kappa shape index (κ3) is 3.14. The smallest absolute Gasteiger partial charge is 0.119 e. The fourth-order valence-corrected chi connectivity index (χ4v) is 3.18. The van der Waals surface area contributed by atoms with E-state index in [4.69, 9.17) is 10.6 Å². The molecule has 1 aromatic rings. The van der Waals surface area contributed by atoms with Crippen LogP contribution in [0.15, 0.2) is 24.3 Å². The molecule has 0 spiro atoms. The van der Waals surface area contributed by atoms with Crippen LogP contribution in [0.5, 0.6) is 5.75 Å². The first-order chi connectivity index (χ1) is 9.59. The third-order valence-electron chi connectivity index (χ3n) is 4.47. The highest BCUT2D eigenvalue weighted by atomic mass is 16.5. The van der Waals surface area contributed by atoms with Gasteiger partial charge in [0.15, 0.2) is 0 Å². The molecule has 1 aromatic carbocycles. The van der Waals surface area contributed by atoms with Crippen LogP contribution in [0.2, 0.25) is 0 Å². The topological polar surface area (TPSA) is 50.5 Å². The lowest BCUT2D eigenvalue weighted by Gasteiger charge is -2.46. The van der Waals surface area contributed by atoms with Crippen LogP contribution in [0.1, 0.15) is 44.7 Å².